The van der Waals surface area contributed by atoms with E-state index in [0.29, 0.717) is 18.0 Å². The van der Waals surface area contributed by atoms with Gasteiger partial charge in [0.25, 0.3) is 5.56 Å². The Labute approximate surface area is 186 Å². The number of ether oxygens (including phenoxy) is 1. The smallest absolute Gasteiger partial charge is 0.267 e. The lowest BCUT2D eigenvalue weighted by Gasteiger charge is -2.12. The summed E-state index contributed by atoms with van der Waals surface area (Å²) in [6, 6.07) is 27.9. The number of carbonyl (C=O) groups is 1. The average Bonchev–Trinajstić information content (AvgIpc) is 2.82. The van der Waals surface area contributed by atoms with Crippen LogP contribution in [0.1, 0.15) is 6.92 Å². The summed E-state index contributed by atoms with van der Waals surface area (Å²) in [7, 11) is 0. The van der Waals surface area contributed by atoms with Crippen molar-refractivity contribution >= 4 is 11.6 Å². The molecule has 6 heteroatoms. The molecule has 160 valence electrons. The highest BCUT2D eigenvalue weighted by Gasteiger charge is 2.11. The third-order valence-electron chi connectivity index (χ3n) is 4.91. The third kappa shape index (κ3) is 4.92. The maximum atomic E-state index is 12.8. The predicted octanol–water partition coefficient (Wildman–Crippen LogP) is 4.61. The van der Waals surface area contributed by atoms with Crippen LogP contribution in [0.25, 0.3) is 22.4 Å². The molecule has 0 aliphatic heterocycles. The van der Waals surface area contributed by atoms with Crippen LogP contribution >= 0.6 is 0 Å². The van der Waals surface area contributed by atoms with E-state index < -0.39 is 0 Å². The lowest BCUT2D eigenvalue weighted by Crippen LogP contribution is -2.29. The number of aromatic nitrogens is 2. The summed E-state index contributed by atoms with van der Waals surface area (Å²) in [6.07, 6.45) is 0. The number of hydrogen-bond donors (Lipinski definition) is 1. The highest BCUT2D eigenvalue weighted by atomic mass is 16.5. The molecule has 4 aromatic rings. The maximum Gasteiger partial charge on any atom is 0.267 e. The predicted molar refractivity (Wildman–Crippen MR) is 126 cm³/mol. The zero-order valence-corrected chi connectivity index (χ0v) is 17.7. The van der Waals surface area contributed by atoms with E-state index in [4.69, 9.17) is 4.74 Å². The standard InChI is InChI=1S/C26H23N3O3/c1-2-32-21-14-12-20(13-15-21)23-16-17-26(31)29(28-23)18-25(30)27-24-11-7-6-10-22(24)19-8-4-3-5-9-19/h3-17H,2,18H2,1H3,(H,27,30). The molecule has 0 radical (unpaired) electrons. The molecular formula is C26H23N3O3. The molecule has 0 fully saturated rings. The van der Waals surface area contributed by atoms with Crippen molar-refractivity contribution < 1.29 is 9.53 Å². The summed E-state index contributed by atoms with van der Waals surface area (Å²) < 4.78 is 6.63. The SMILES string of the molecule is CCOc1ccc(-c2ccc(=O)n(CC(=O)Nc3ccccc3-c3ccccc3)n2)cc1. The summed E-state index contributed by atoms with van der Waals surface area (Å²) >= 11 is 0. The highest BCUT2D eigenvalue weighted by molar-refractivity contribution is 5.95. The molecule has 0 atom stereocenters. The van der Waals surface area contributed by atoms with Gasteiger partial charge in [0.1, 0.15) is 12.3 Å². The topological polar surface area (TPSA) is 73.2 Å². The minimum Gasteiger partial charge on any atom is -0.494 e. The normalized spacial score (nSPS) is 10.5. The van der Waals surface area contributed by atoms with E-state index >= 15 is 0 Å². The van der Waals surface area contributed by atoms with Crippen LogP contribution in [0.3, 0.4) is 0 Å². The van der Waals surface area contributed by atoms with Gasteiger partial charge in [0.05, 0.1) is 12.3 Å². The number of hydrogen-bond acceptors (Lipinski definition) is 4. The maximum absolute atomic E-state index is 12.8. The minimum absolute atomic E-state index is 0.188. The van der Waals surface area contributed by atoms with Crippen molar-refractivity contribution in [3.63, 3.8) is 0 Å². The number of nitrogens with zero attached hydrogens (tertiary/aromatic N) is 2. The summed E-state index contributed by atoms with van der Waals surface area (Å²) in [4.78, 5) is 25.1. The molecule has 1 aromatic heterocycles. The van der Waals surface area contributed by atoms with Crippen LogP contribution in [0.4, 0.5) is 5.69 Å². The Morgan fingerprint density at radius 2 is 1.59 bits per heavy atom. The molecule has 1 heterocycles. The highest BCUT2D eigenvalue weighted by Crippen LogP contribution is 2.27. The van der Waals surface area contributed by atoms with Gasteiger partial charge < -0.3 is 10.1 Å². The van der Waals surface area contributed by atoms with Crippen LogP contribution in [0.2, 0.25) is 0 Å². The Bertz CT molecular complexity index is 1270. The van der Waals surface area contributed by atoms with E-state index in [9.17, 15) is 9.59 Å². The monoisotopic (exact) mass is 425 g/mol. The van der Waals surface area contributed by atoms with E-state index in [2.05, 4.69) is 10.4 Å². The van der Waals surface area contributed by atoms with Crippen molar-refractivity contribution in [2.45, 2.75) is 13.5 Å². The molecule has 1 amide bonds. The van der Waals surface area contributed by atoms with Gasteiger partial charge in [-0.3, -0.25) is 9.59 Å². The first-order chi connectivity index (χ1) is 15.6. The Hall–Kier alpha value is -4.19. The van der Waals surface area contributed by atoms with E-state index in [-0.39, 0.29) is 18.0 Å². The van der Waals surface area contributed by atoms with Crippen molar-refractivity contribution in [3.8, 4) is 28.1 Å². The summed E-state index contributed by atoms with van der Waals surface area (Å²) in [5.74, 6) is 0.438. The summed E-state index contributed by atoms with van der Waals surface area (Å²) in [5.41, 5.74) is 3.67. The van der Waals surface area contributed by atoms with Crippen LogP contribution < -0.4 is 15.6 Å². The van der Waals surface area contributed by atoms with Crippen LogP contribution in [-0.2, 0) is 11.3 Å². The van der Waals surface area contributed by atoms with E-state index in [0.717, 1.165) is 22.4 Å². The van der Waals surface area contributed by atoms with Gasteiger partial charge in [-0.1, -0.05) is 48.5 Å². The Morgan fingerprint density at radius 3 is 2.34 bits per heavy atom. The molecule has 0 saturated heterocycles. The number of benzene rings is 3. The van der Waals surface area contributed by atoms with Gasteiger partial charge in [-0.2, -0.15) is 5.10 Å². The van der Waals surface area contributed by atoms with Gasteiger partial charge in [0.2, 0.25) is 5.91 Å². The lowest BCUT2D eigenvalue weighted by molar-refractivity contribution is -0.117. The van der Waals surface area contributed by atoms with E-state index in [1.54, 1.807) is 6.07 Å². The van der Waals surface area contributed by atoms with Crippen molar-refractivity contribution in [1.82, 2.24) is 9.78 Å². The number of nitrogens with one attached hydrogen (secondary N) is 1. The molecule has 4 rings (SSSR count). The summed E-state index contributed by atoms with van der Waals surface area (Å²) in [6.45, 7) is 2.33. The molecule has 0 bridgehead atoms. The zero-order chi connectivity index (χ0) is 22.3. The van der Waals surface area contributed by atoms with Crippen molar-refractivity contribution in [3.05, 3.63) is 101 Å². The molecule has 0 spiro atoms. The Kier molecular flexibility index (Phi) is 6.41. The largest absolute Gasteiger partial charge is 0.494 e. The van der Waals surface area contributed by atoms with Gasteiger partial charge in [-0.25, -0.2) is 4.68 Å². The van der Waals surface area contributed by atoms with Crippen LogP contribution in [0.15, 0.2) is 95.8 Å². The van der Waals surface area contributed by atoms with Crippen LogP contribution in [0.5, 0.6) is 5.75 Å². The molecule has 32 heavy (non-hydrogen) atoms. The Balaban J connectivity index is 1.53. The first kappa shape index (κ1) is 21.1. The van der Waals surface area contributed by atoms with Crippen molar-refractivity contribution in [1.29, 1.82) is 0 Å². The Morgan fingerprint density at radius 1 is 0.875 bits per heavy atom. The van der Waals surface area contributed by atoms with Gasteiger partial charge in [0.15, 0.2) is 0 Å². The first-order valence-electron chi connectivity index (χ1n) is 10.4. The first-order valence-corrected chi connectivity index (χ1v) is 10.4. The van der Waals surface area contributed by atoms with Crippen LogP contribution in [-0.4, -0.2) is 22.3 Å². The fourth-order valence-corrected chi connectivity index (χ4v) is 3.39. The minimum atomic E-state index is -0.341. The molecule has 0 saturated carbocycles. The lowest BCUT2D eigenvalue weighted by atomic mass is 10.0. The van der Waals surface area contributed by atoms with Gasteiger partial charge in [-0.15, -0.1) is 0 Å². The second-order valence-electron chi connectivity index (χ2n) is 7.13. The van der Waals surface area contributed by atoms with E-state index in [1.807, 2.05) is 85.8 Å². The third-order valence-corrected chi connectivity index (χ3v) is 4.91. The molecule has 3 aromatic carbocycles. The van der Waals surface area contributed by atoms with Gasteiger partial charge in [-0.05, 0) is 48.9 Å². The number of carbonyl (C=O) groups excluding carboxylic acids is 1. The van der Waals surface area contributed by atoms with Gasteiger partial charge >= 0.3 is 0 Å². The summed E-state index contributed by atoms with van der Waals surface area (Å²) in [5, 5.41) is 7.29. The second kappa shape index (κ2) is 9.75. The molecule has 0 unspecified atom stereocenters. The van der Waals surface area contributed by atoms with E-state index in [1.165, 1.54) is 10.7 Å². The molecule has 0 aliphatic rings. The van der Waals surface area contributed by atoms with Crippen molar-refractivity contribution in [2.75, 3.05) is 11.9 Å². The number of rotatable bonds is 7. The zero-order valence-electron chi connectivity index (χ0n) is 17.7. The van der Waals surface area contributed by atoms with Crippen LogP contribution in [0, 0.1) is 0 Å². The molecule has 0 aliphatic carbocycles. The average molecular weight is 425 g/mol. The quantitative estimate of drug-likeness (QED) is 0.469. The molecule has 1 N–H and O–H groups in total. The number of para-hydroxylation sites is 1. The molecule has 6 nitrogen and oxygen atoms in total. The fourth-order valence-electron chi connectivity index (χ4n) is 3.39. The fraction of sp³-hybridized carbons (Fsp3) is 0.115. The second-order valence-corrected chi connectivity index (χ2v) is 7.13. The molecular weight excluding hydrogens is 402 g/mol. The van der Waals surface area contributed by atoms with Gasteiger partial charge in [0, 0.05) is 22.9 Å². The number of amides is 1. The number of anilines is 1. The van der Waals surface area contributed by atoms with Crippen molar-refractivity contribution in [2.24, 2.45) is 0 Å².